The molecule has 146 valence electrons. The average Bonchev–Trinajstić information content (AvgIpc) is 3.04. The summed E-state index contributed by atoms with van der Waals surface area (Å²) in [5.41, 5.74) is 3.39. The Morgan fingerprint density at radius 3 is 2.71 bits per heavy atom. The Balaban J connectivity index is 1.64. The van der Waals surface area contributed by atoms with Crippen LogP contribution in [0.25, 0.3) is 11.0 Å². The van der Waals surface area contributed by atoms with E-state index in [-0.39, 0.29) is 17.4 Å². The number of hydrogen-bond acceptors (Lipinski definition) is 5. The molecule has 1 aromatic heterocycles. The van der Waals surface area contributed by atoms with E-state index in [9.17, 15) is 9.59 Å². The first-order valence-electron chi connectivity index (χ1n) is 9.04. The van der Waals surface area contributed by atoms with Crippen LogP contribution >= 0.6 is 11.8 Å². The summed E-state index contributed by atoms with van der Waals surface area (Å²) in [6.07, 6.45) is 0. The van der Waals surface area contributed by atoms with Crippen molar-refractivity contribution in [2.45, 2.75) is 26.1 Å². The van der Waals surface area contributed by atoms with Crippen molar-refractivity contribution in [3.05, 3.63) is 53.6 Å². The highest BCUT2D eigenvalue weighted by Gasteiger charge is 2.13. The van der Waals surface area contributed by atoms with Gasteiger partial charge in [-0.05, 0) is 44.2 Å². The fourth-order valence-corrected chi connectivity index (χ4v) is 3.82. The van der Waals surface area contributed by atoms with Gasteiger partial charge >= 0.3 is 0 Å². The molecular weight excluding hydrogens is 374 g/mol. The second kappa shape index (κ2) is 8.93. The summed E-state index contributed by atoms with van der Waals surface area (Å²) in [5, 5.41) is 2.90. The molecule has 1 heterocycles. The standard InChI is InChI=1S/C21H23N3O3S/c1-4-24-18-8-6-5-7-17(18)22-21(24)23-20(26)13-28-12-16-11-15(14(2)25)9-10-19(16)27-3/h5-11H,4,12-13H2,1-3H3,(H,22,23,26). The zero-order chi connectivity index (χ0) is 20.1. The van der Waals surface area contributed by atoms with E-state index in [1.54, 1.807) is 19.2 Å². The number of carbonyl (C=O) groups excluding carboxylic acids is 2. The molecule has 1 N–H and O–H groups in total. The molecule has 6 nitrogen and oxygen atoms in total. The smallest absolute Gasteiger partial charge is 0.236 e. The minimum absolute atomic E-state index is 0.00474. The third-order valence-corrected chi connectivity index (χ3v) is 5.38. The van der Waals surface area contributed by atoms with Crippen LogP contribution in [0.4, 0.5) is 5.95 Å². The van der Waals surface area contributed by atoms with Gasteiger partial charge in [-0.2, -0.15) is 0 Å². The van der Waals surface area contributed by atoms with Gasteiger partial charge in [0.1, 0.15) is 5.75 Å². The molecule has 1 amide bonds. The Morgan fingerprint density at radius 2 is 2.00 bits per heavy atom. The van der Waals surface area contributed by atoms with E-state index in [1.165, 1.54) is 18.7 Å². The van der Waals surface area contributed by atoms with Gasteiger partial charge in [0.25, 0.3) is 0 Å². The van der Waals surface area contributed by atoms with E-state index >= 15 is 0 Å². The first kappa shape index (κ1) is 19.9. The topological polar surface area (TPSA) is 73.2 Å². The molecule has 0 fully saturated rings. The Kier molecular flexibility index (Phi) is 6.36. The van der Waals surface area contributed by atoms with Crippen molar-refractivity contribution in [1.82, 2.24) is 9.55 Å². The van der Waals surface area contributed by atoms with Crippen LogP contribution < -0.4 is 10.1 Å². The number of aromatic nitrogens is 2. The lowest BCUT2D eigenvalue weighted by Gasteiger charge is -2.10. The predicted molar refractivity (Wildman–Crippen MR) is 113 cm³/mol. The Morgan fingerprint density at radius 1 is 1.21 bits per heavy atom. The van der Waals surface area contributed by atoms with Crippen molar-refractivity contribution in [2.24, 2.45) is 0 Å². The van der Waals surface area contributed by atoms with Crippen LogP contribution in [0.5, 0.6) is 5.75 Å². The highest BCUT2D eigenvalue weighted by atomic mass is 32.2. The molecule has 7 heteroatoms. The summed E-state index contributed by atoms with van der Waals surface area (Å²) in [6.45, 7) is 4.27. The molecule has 0 saturated carbocycles. The molecule has 0 spiro atoms. The number of para-hydroxylation sites is 2. The Hall–Kier alpha value is -2.80. The largest absolute Gasteiger partial charge is 0.496 e. The number of imidazole rings is 1. The summed E-state index contributed by atoms with van der Waals surface area (Å²) in [7, 11) is 1.60. The second-order valence-corrected chi connectivity index (χ2v) is 7.28. The van der Waals surface area contributed by atoms with Crippen molar-refractivity contribution in [2.75, 3.05) is 18.2 Å². The van der Waals surface area contributed by atoms with E-state index in [4.69, 9.17) is 4.74 Å². The van der Waals surface area contributed by atoms with Gasteiger partial charge in [-0.1, -0.05) is 12.1 Å². The van der Waals surface area contributed by atoms with Crippen molar-refractivity contribution >= 4 is 40.4 Å². The van der Waals surface area contributed by atoms with Crippen molar-refractivity contribution in [3.63, 3.8) is 0 Å². The lowest BCUT2D eigenvalue weighted by molar-refractivity contribution is -0.113. The number of hydrogen-bond donors (Lipinski definition) is 1. The minimum atomic E-state index is -0.114. The molecule has 28 heavy (non-hydrogen) atoms. The van der Waals surface area contributed by atoms with Gasteiger partial charge in [0.05, 0.1) is 23.9 Å². The maximum Gasteiger partial charge on any atom is 0.236 e. The van der Waals surface area contributed by atoms with E-state index in [1.807, 2.05) is 41.8 Å². The van der Waals surface area contributed by atoms with Crippen LogP contribution in [-0.4, -0.2) is 34.1 Å². The summed E-state index contributed by atoms with van der Waals surface area (Å²) in [5.74, 6) is 2.01. The number of thioether (sulfide) groups is 1. The second-order valence-electron chi connectivity index (χ2n) is 6.29. The van der Waals surface area contributed by atoms with Crippen LogP contribution in [0.2, 0.25) is 0 Å². The van der Waals surface area contributed by atoms with E-state index in [0.717, 1.165) is 23.1 Å². The van der Waals surface area contributed by atoms with Crippen molar-refractivity contribution in [1.29, 1.82) is 0 Å². The van der Waals surface area contributed by atoms with Crippen molar-refractivity contribution < 1.29 is 14.3 Å². The quantitative estimate of drug-likeness (QED) is 0.578. The maximum absolute atomic E-state index is 12.4. The number of amides is 1. The molecule has 0 unspecified atom stereocenters. The highest BCUT2D eigenvalue weighted by Crippen LogP contribution is 2.25. The van der Waals surface area contributed by atoms with Crippen LogP contribution in [0, 0.1) is 0 Å². The summed E-state index contributed by atoms with van der Waals surface area (Å²) in [6, 6.07) is 13.2. The van der Waals surface area contributed by atoms with Gasteiger partial charge in [0.2, 0.25) is 11.9 Å². The molecule has 0 aliphatic heterocycles. The number of benzene rings is 2. The predicted octanol–water partition coefficient (Wildman–Crippen LogP) is 4.14. The van der Waals surface area contributed by atoms with Gasteiger partial charge < -0.3 is 9.30 Å². The molecule has 0 saturated heterocycles. The lowest BCUT2D eigenvalue weighted by atomic mass is 10.1. The Bertz CT molecular complexity index is 1010. The van der Waals surface area contributed by atoms with E-state index in [0.29, 0.717) is 23.0 Å². The molecule has 2 aromatic carbocycles. The normalized spacial score (nSPS) is 10.8. The van der Waals surface area contributed by atoms with E-state index in [2.05, 4.69) is 10.3 Å². The number of fused-ring (bicyclic) bond motifs is 1. The molecule has 3 aromatic rings. The molecule has 0 bridgehead atoms. The summed E-state index contributed by atoms with van der Waals surface area (Å²) >= 11 is 1.46. The highest BCUT2D eigenvalue weighted by molar-refractivity contribution is 7.99. The number of ether oxygens (including phenoxy) is 1. The van der Waals surface area contributed by atoms with Crippen LogP contribution in [-0.2, 0) is 17.1 Å². The zero-order valence-electron chi connectivity index (χ0n) is 16.2. The monoisotopic (exact) mass is 397 g/mol. The fraction of sp³-hybridized carbons (Fsp3) is 0.286. The van der Waals surface area contributed by atoms with Gasteiger partial charge in [0, 0.05) is 23.4 Å². The Labute approximate surface area is 168 Å². The van der Waals surface area contributed by atoms with Gasteiger partial charge in [-0.3, -0.25) is 14.9 Å². The van der Waals surface area contributed by atoms with Gasteiger partial charge in [0.15, 0.2) is 5.78 Å². The number of ketones is 1. The minimum Gasteiger partial charge on any atom is -0.496 e. The maximum atomic E-state index is 12.4. The van der Waals surface area contributed by atoms with Crippen LogP contribution in [0.1, 0.15) is 29.8 Å². The molecule has 3 rings (SSSR count). The summed E-state index contributed by atoms with van der Waals surface area (Å²) < 4.78 is 7.34. The van der Waals surface area contributed by atoms with Gasteiger partial charge in [-0.15, -0.1) is 11.8 Å². The lowest BCUT2D eigenvalue weighted by Crippen LogP contribution is -2.17. The number of anilines is 1. The van der Waals surface area contributed by atoms with E-state index < -0.39 is 0 Å². The fourth-order valence-electron chi connectivity index (χ4n) is 3.02. The number of Topliss-reactive ketones (excluding diaryl/α,β-unsaturated/α-hetero) is 1. The van der Waals surface area contributed by atoms with Crippen LogP contribution in [0.3, 0.4) is 0 Å². The molecule has 0 aliphatic carbocycles. The molecule has 0 atom stereocenters. The number of nitrogens with zero attached hydrogens (tertiary/aromatic N) is 2. The summed E-state index contributed by atoms with van der Waals surface area (Å²) in [4.78, 5) is 28.5. The molecule has 0 aliphatic rings. The molecule has 0 radical (unpaired) electrons. The molecular formula is C21H23N3O3S. The average molecular weight is 398 g/mol. The van der Waals surface area contributed by atoms with Crippen LogP contribution in [0.15, 0.2) is 42.5 Å². The first-order chi connectivity index (χ1) is 13.5. The van der Waals surface area contributed by atoms with Crippen molar-refractivity contribution in [3.8, 4) is 5.75 Å². The third kappa shape index (κ3) is 4.36. The number of methoxy groups -OCH3 is 1. The number of carbonyl (C=O) groups is 2. The SMILES string of the molecule is CCn1c(NC(=O)CSCc2cc(C(C)=O)ccc2OC)nc2ccccc21. The van der Waals surface area contributed by atoms with Gasteiger partial charge in [-0.25, -0.2) is 4.98 Å². The number of rotatable bonds is 8. The number of aryl methyl sites for hydroxylation is 1. The zero-order valence-corrected chi connectivity index (χ0v) is 17.0. The number of nitrogens with one attached hydrogen (secondary N) is 1. The first-order valence-corrected chi connectivity index (χ1v) is 10.2. The third-order valence-electron chi connectivity index (χ3n) is 4.40.